The molecule has 1 atom stereocenters. The van der Waals surface area contributed by atoms with Gasteiger partial charge >= 0.3 is 0 Å². The predicted molar refractivity (Wildman–Crippen MR) is 79.5 cm³/mol. The molecule has 20 heavy (non-hydrogen) atoms. The molecule has 2 aliphatic heterocycles. The lowest BCUT2D eigenvalue weighted by Gasteiger charge is -2.37. The van der Waals surface area contributed by atoms with E-state index in [4.69, 9.17) is 11.6 Å². The molecule has 0 spiro atoms. The van der Waals surface area contributed by atoms with Crippen LogP contribution in [-0.4, -0.2) is 55.1 Å². The largest absolute Gasteiger partial charge is 0.315 e. The van der Waals surface area contributed by atoms with E-state index in [9.17, 15) is 4.39 Å². The first-order valence-electron chi connectivity index (χ1n) is 7.34. The van der Waals surface area contributed by atoms with Crippen molar-refractivity contribution in [2.24, 2.45) is 0 Å². The van der Waals surface area contributed by atoms with E-state index >= 15 is 0 Å². The van der Waals surface area contributed by atoms with E-state index in [-0.39, 0.29) is 5.82 Å². The van der Waals surface area contributed by atoms with Crippen LogP contribution in [0.1, 0.15) is 12.0 Å². The molecule has 110 valence electrons. The van der Waals surface area contributed by atoms with Gasteiger partial charge in [0.25, 0.3) is 0 Å². The lowest BCUT2D eigenvalue weighted by atomic mass is 10.1. The lowest BCUT2D eigenvalue weighted by Crippen LogP contribution is -2.50. The van der Waals surface area contributed by atoms with Crippen LogP contribution in [0.3, 0.4) is 0 Å². The van der Waals surface area contributed by atoms with E-state index in [1.54, 1.807) is 12.1 Å². The first-order valence-corrected chi connectivity index (χ1v) is 7.72. The molecule has 1 aromatic rings. The van der Waals surface area contributed by atoms with Crippen LogP contribution in [0.15, 0.2) is 18.2 Å². The highest BCUT2D eigenvalue weighted by molar-refractivity contribution is 6.31. The van der Waals surface area contributed by atoms with Crippen LogP contribution >= 0.6 is 11.6 Å². The summed E-state index contributed by atoms with van der Waals surface area (Å²) in [7, 11) is 0. The smallest absolute Gasteiger partial charge is 0.129 e. The fraction of sp³-hybridized carbons (Fsp3) is 0.600. The molecule has 2 saturated heterocycles. The molecular formula is C15H21ClFN3. The van der Waals surface area contributed by atoms with Gasteiger partial charge in [-0.2, -0.15) is 0 Å². The average Bonchev–Trinajstić information content (AvgIpc) is 2.98. The molecule has 3 nitrogen and oxygen atoms in total. The molecule has 0 radical (unpaired) electrons. The van der Waals surface area contributed by atoms with Crippen molar-refractivity contribution in [3.63, 3.8) is 0 Å². The predicted octanol–water partition coefficient (Wildman–Crippen LogP) is 1.96. The van der Waals surface area contributed by atoms with Crippen molar-refractivity contribution in [1.29, 1.82) is 0 Å². The maximum Gasteiger partial charge on any atom is 0.129 e. The van der Waals surface area contributed by atoms with Crippen molar-refractivity contribution >= 4 is 11.6 Å². The number of piperazine rings is 1. The molecule has 2 fully saturated rings. The van der Waals surface area contributed by atoms with Crippen molar-refractivity contribution < 1.29 is 4.39 Å². The third-order valence-electron chi connectivity index (χ3n) is 4.40. The van der Waals surface area contributed by atoms with Gasteiger partial charge in [0.15, 0.2) is 0 Å². The Morgan fingerprint density at radius 3 is 2.70 bits per heavy atom. The summed E-state index contributed by atoms with van der Waals surface area (Å²) in [4.78, 5) is 4.85. The lowest BCUT2D eigenvalue weighted by molar-refractivity contribution is 0.0974. The van der Waals surface area contributed by atoms with Crippen LogP contribution in [0.4, 0.5) is 4.39 Å². The zero-order valence-electron chi connectivity index (χ0n) is 11.6. The number of nitrogens with zero attached hydrogens (tertiary/aromatic N) is 2. The van der Waals surface area contributed by atoms with Crippen LogP contribution in [0, 0.1) is 5.82 Å². The van der Waals surface area contributed by atoms with Crippen molar-refractivity contribution in [3.8, 4) is 0 Å². The number of rotatable bonds is 3. The summed E-state index contributed by atoms with van der Waals surface area (Å²) in [5.74, 6) is -0.195. The van der Waals surface area contributed by atoms with Crippen LogP contribution in [0.25, 0.3) is 0 Å². The Kier molecular flexibility index (Phi) is 4.56. The van der Waals surface area contributed by atoms with Crippen LogP contribution < -0.4 is 5.32 Å². The molecule has 0 saturated carbocycles. The highest BCUT2D eigenvalue weighted by Crippen LogP contribution is 2.22. The van der Waals surface area contributed by atoms with Crippen LogP contribution in [0.2, 0.25) is 5.02 Å². The molecule has 5 heteroatoms. The second-order valence-electron chi connectivity index (χ2n) is 5.66. The van der Waals surface area contributed by atoms with Gasteiger partial charge in [-0.25, -0.2) is 4.39 Å². The molecule has 1 unspecified atom stereocenters. The van der Waals surface area contributed by atoms with E-state index < -0.39 is 0 Å². The van der Waals surface area contributed by atoms with Crippen LogP contribution in [0.5, 0.6) is 0 Å². The third kappa shape index (κ3) is 3.14. The van der Waals surface area contributed by atoms with Gasteiger partial charge in [-0.15, -0.1) is 0 Å². The number of hydrogen-bond donors (Lipinski definition) is 1. The Hall–Kier alpha value is -0.680. The highest BCUT2D eigenvalue weighted by Gasteiger charge is 2.26. The molecule has 0 amide bonds. The first-order chi connectivity index (χ1) is 9.74. The molecule has 2 aliphatic rings. The Morgan fingerprint density at radius 2 is 2.05 bits per heavy atom. The zero-order valence-corrected chi connectivity index (χ0v) is 12.4. The van der Waals surface area contributed by atoms with Gasteiger partial charge in [0.1, 0.15) is 5.82 Å². The number of nitrogens with one attached hydrogen (secondary N) is 1. The molecule has 0 bridgehead atoms. The molecule has 2 heterocycles. The van der Waals surface area contributed by atoms with Crippen LogP contribution in [-0.2, 0) is 6.54 Å². The van der Waals surface area contributed by atoms with Gasteiger partial charge in [0, 0.05) is 55.9 Å². The summed E-state index contributed by atoms with van der Waals surface area (Å²) in [6.45, 7) is 6.97. The number of halogens is 2. The second-order valence-corrected chi connectivity index (χ2v) is 6.07. The monoisotopic (exact) mass is 297 g/mol. The SMILES string of the molecule is Fc1cccc(Cl)c1CN1CCN(C2CCNC2)CC1. The molecule has 1 N–H and O–H groups in total. The summed E-state index contributed by atoms with van der Waals surface area (Å²) >= 11 is 6.10. The summed E-state index contributed by atoms with van der Waals surface area (Å²) < 4.78 is 13.8. The van der Waals surface area contributed by atoms with E-state index in [0.29, 0.717) is 23.2 Å². The quantitative estimate of drug-likeness (QED) is 0.920. The van der Waals surface area contributed by atoms with E-state index in [1.807, 2.05) is 0 Å². The topological polar surface area (TPSA) is 18.5 Å². The van der Waals surface area contributed by atoms with Crippen molar-refractivity contribution in [2.45, 2.75) is 19.0 Å². The minimum atomic E-state index is -0.195. The standard InChI is InChI=1S/C15H21ClFN3/c16-14-2-1-3-15(17)13(14)11-19-6-8-20(9-7-19)12-4-5-18-10-12/h1-3,12,18H,4-11H2. The van der Waals surface area contributed by atoms with Crippen molar-refractivity contribution in [2.75, 3.05) is 39.3 Å². The fourth-order valence-electron chi connectivity index (χ4n) is 3.14. The maximum atomic E-state index is 13.8. The number of hydrogen-bond acceptors (Lipinski definition) is 3. The summed E-state index contributed by atoms with van der Waals surface area (Å²) in [5, 5.41) is 3.95. The molecule has 0 aliphatic carbocycles. The number of benzene rings is 1. The van der Waals surface area contributed by atoms with Gasteiger partial charge in [-0.3, -0.25) is 9.80 Å². The van der Waals surface area contributed by atoms with Gasteiger partial charge in [0.2, 0.25) is 0 Å². The first kappa shape index (κ1) is 14.3. The van der Waals surface area contributed by atoms with E-state index in [1.165, 1.54) is 12.5 Å². The highest BCUT2D eigenvalue weighted by atomic mass is 35.5. The average molecular weight is 298 g/mol. The summed E-state index contributed by atoms with van der Waals surface area (Å²) in [5.41, 5.74) is 0.630. The van der Waals surface area contributed by atoms with Crippen molar-refractivity contribution in [1.82, 2.24) is 15.1 Å². The minimum Gasteiger partial charge on any atom is -0.315 e. The molecule has 1 aromatic carbocycles. The fourth-order valence-corrected chi connectivity index (χ4v) is 3.37. The summed E-state index contributed by atoms with van der Waals surface area (Å²) in [6.07, 6.45) is 1.25. The van der Waals surface area contributed by atoms with Crippen molar-refractivity contribution in [3.05, 3.63) is 34.6 Å². The third-order valence-corrected chi connectivity index (χ3v) is 4.76. The van der Waals surface area contributed by atoms with Gasteiger partial charge in [0.05, 0.1) is 0 Å². The van der Waals surface area contributed by atoms with Gasteiger partial charge in [-0.1, -0.05) is 17.7 Å². The van der Waals surface area contributed by atoms with Gasteiger partial charge in [-0.05, 0) is 25.1 Å². The molecule has 0 aromatic heterocycles. The molecule has 3 rings (SSSR count). The zero-order chi connectivity index (χ0) is 13.9. The van der Waals surface area contributed by atoms with E-state index in [0.717, 1.165) is 39.3 Å². The Bertz CT molecular complexity index is 434. The maximum absolute atomic E-state index is 13.8. The van der Waals surface area contributed by atoms with E-state index in [2.05, 4.69) is 15.1 Å². The Labute approximate surface area is 124 Å². The van der Waals surface area contributed by atoms with Gasteiger partial charge < -0.3 is 5.32 Å². The Balaban J connectivity index is 1.56. The molecular weight excluding hydrogens is 277 g/mol. The Morgan fingerprint density at radius 1 is 1.25 bits per heavy atom. The summed E-state index contributed by atoms with van der Waals surface area (Å²) in [6, 6.07) is 5.60. The second kappa shape index (κ2) is 6.39. The normalized spacial score (nSPS) is 25.2. The minimum absolute atomic E-state index is 0.195.